The molecule has 0 fully saturated rings. The number of para-hydroxylation sites is 1. The zero-order valence-electron chi connectivity index (χ0n) is 15.0. The van der Waals surface area contributed by atoms with Crippen LogP contribution in [0.15, 0.2) is 82.0 Å². The van der Waals surface area contributed by atoms with E-state index in [1.54, 1.807) is 42.5 Å². The van der Waals surface area contributed by atoms with Crippen molar-refractivity contribution in [2.45, 2.75) is 6.92 Å². The highest BCUT2D eigenvalue weighted by molar-refractivity contribution is 6.33. The van der Waals surface area contributed by atoms with Crippen LogP contribution in [-0.2, 0) is 0 Å². The van der Waals surface area contributed by atoms with Crippen molar-refractivity contribution in [3.63, 3.8) is 0 Å². The SMILES string of the molecule is Cc1ccc(C(=O)Nc2ccc(-c3cc4ccccc4oc3=O)c(Cl)c2)cc1. The summed E-state index contributed by atoms with van der Waals surface area (Å²) in [5.41, 5.74) is 3.17. The smallest absolute Gasteiger partial charge is 0.344 e. The summed E-state index contributed by atoms with van der Waals surface area (Å²) in [5, 5.41) is 3.98. The molecule has 5 heteroatoms. The van der Waals surface area contributed by atoms with Crippen LogP contribution < -0.4 is 10.9 Å². The molecule has 0 spiro atoms. The van der Waals surface area contributed by atoms with Crippen LogP contribution in [0.25, 0.3) is 22.1 Å². The number of anilines is 1. The van der Waals surface area contributed by atoms with Gasteiger partial charge in [0.15, 0.2) is 0 Å². The van der Waals surface area contributed by atoms with Crippen LogP contribution in [0.1, 0.15) is 15.9 Å². The minimum atomic E-state index is -0.461. The van der Waals surface area contributed by atoms with E-state index in [9.17, 15) is 9.59 Å². The average Bonchev–Trinajstić information content (AvgIpc) is 2.68. The van der Waals surface area contributed by atoms with E-state index in [4.69, 9.17) is 16.0 Å². The number of nitrogens with one attached hydrogen (secondary N) is 1. The van der Waals surface area contributed by atoms with Crippen LogP contribution in [0.5, 0.6) is 0 Å². The topological polar surface area (TPSA) is 59.3 Å². The molecular formula is C23H16ClNO3. The van der Waals surface area contributed by atoms with Crippen molar-refractivity contribution >= 4 is 34.2 Å². The van der Waals surface area contributed by atoms with Crippen molar-refractivity contribution in [1.82, 2.24) is 0 Å². The maximum Gasteiger partial charge on any atom is 0.344 e. The highest BCUT2D eigenvalue weighted by atomic mass is 35.5. The number of halogens is 1. The Labute approximate surface area is 166 Å². The number of benzene rings is 3. The Kier molecular flexibility index (Phi) is 4.72. The predicted octanol–water partition coefficient (Wildman–Crippen LogP) is 5.67. The van der Waals surface area contributed by atoms with E-state index in [2.05, 4.69) is 5.32 Å². The molecule has 28 heavy (non-hydrogen) atoms. The number of hydrogen-bond donors (Lipinski definition) is 1. The molecule has 0 aliphatic carbocycles. The van der Waals surface area contributed by atoms with Crippen molar-refractivity contribution in [2.75, 3.05) is 5.32 Å². The first-order chi connectivity index (χ1) is 13.5. The van der Waals surface area contributed by atoms with Crippen LogP contribution >= 0.6 is 11.6 Å². The molecule has 4 aromatic rings. The third-order valence-electron chi connectivity index (χ3n) is 4.47. The summed E-state index contributed by atoms with van der Waals surface area (Å²) in [6.07, 6.45) is 0. The molecule has 0 atom stereocenters. The molecule has 0 aliphatic heterocycles. The van der Waals surface area contributed by atoms with E-state index in [-0.39, 0.29) is 5.91 Å². The van der Waals surface area contributed by atoms with Gasteiger partial charge in [0.1, 0.15) is 5.58 Å². The standard InChI is InChI=1S/C23H16ClNO3/c1-14-6-8-15(9-7-14)22(26)25-17-10-11-18(20(24)13-17)19-12-16-4-2-3-5-21(16)28-23(19)27/h2-13H,1H3,(H,25,26). The molecule has 0 aliphatic rings. The third kappa shape index (κ3) is 3.55. The summed E-state index contributed by atoms with van der Waals surface area (Å²) in [4.78, 5) is 24.7. The number of carbonyl (C=O) groups excluding carboxylic acids is 1. The maximum atomic E-state index is 12.4. The number of amides is 1. The first-order valence-corrected chi connectivity index (χ1v) is 9.10. The van der Waals surface area contributed by atoms with Gasteiger partial charge in [-0.25, -0.2) is 4.79 Å². The van der Waals surface area contributed by atoms with Gasteiger partial charge >= 0.3 is 5.63 Å². The fourth-order valence-corrected chi connectivity index (χ4v) is 3.25. The molecule has 4 rings (SSSR count). The van der Waals surface area contributed by atoms with E-state index < -0.39 is 5.63 Å². The van der Waals surface area contributed by atoms with Crippen LogP contribution in [-0.4, -0.2) is 5.91 Å². The summed E-state index contributed by atoms with van der Waals surface area (Å²) >= 11 is 6.41. The van der Waals surface area contributed by atoms with Gasteiger partial charge in [-0.15, -0.1) is 0 Å². The van der Waals surface area contributed by atoms with Crippen molar-refractivity contribution in [3.05, 3.63) is 99.4 Å². The average molecular weight is 390 g/mol. The van der Waals surface area contributed by atoms with Crippen molar-refractivity contribution < 1.29 is 9.21 Å². The minimum Gasteiger partial charge on any atom is -0.422 e. The molecule has 0 radical (unpaired) electrons. The van der Waals surface area contributed by atoms with Gasteiger partial charge in [-0.05, 0) is 43.3 Å². The van der Waals surface area contributed by atoms with Crippen molar-refractivity contribution in [3.8, 4) is 11.1 Å². The summed E-state index contributed by atoms with van der Waals surface area (Å²) in [6, 6.07) is 21.4. The largest absolute Gasteiger partial charge is 0.422 e. The fraction of sp³-hybridized carbons (Fsp3) is 0.0435. The Bertz CT molecular complexity index is 1240. The third-order valence-corrected chi connectivity index (χ3v) is 4.79. The van der Waals surface area contributed by atoms with Crippen LogP contribution in [0, 0.1) is 6.92 Å². The first kappa shape index (κ1) is 18.0. The minimum absolute atomic E-state index is 0.228. The van der Waals surface area contributed by atoms with Gasteiger partial charge in [-0.2, -0.15) is 0 Å². The summed E-state index contributed by atoms with van der Waals surface area (Å²) in [6.45, 7) is 1.96. The van der Waals surface area contributed by atoms with Crippen molar-refractivity contribution in [2.24, 2.45) is 0 Å². The Hall–Kier alpha value is -3.37. The van der Waals surface area contributed by atoms with E-state index in [1.807, 2.05) is 37.3 Å². The quantitative estimate of drug-likeness (QED) is 0.459. The number of fused-ring (bicyclic) bond motifs is 1. The van der Waals surface area contributed by atoms with Gasteiger partial charge in [-0.1, -0.05) is 53.6 Å². The molecule has 1 amide bonds. The fourth-order valence-electron chi connectivity index (χ4n) is 2.97. The Balaban J connectivity index is 1.65. The van der Waals surface area contributed by atoms with E-state index >= 15 is 0 Å². The first-order valence-electron chi connectivity index (χ1n) is 8.72. The molecule has 138 valence electrons. The second-order valence-corrected chi connectivity index (χ2v) is 6.91. The molecule has 1 aromatic heterocycles. The lowest BCUT2D eigenvalue weighted by molar-refractivity contribution is 0.102. The highest BCUT2D eigenvalue weighted by Crippen LogP contribution is 2.30. The monoisotopic (exact) mass is 389 g/mol. The summed E-state index contributed by atoms with van der Waals surface area (Å²) < 4.78 is 5.38. The maximum absolute atomic E-state index is 12.4. The molecule has 0 unspecified atom stereocenters. The Morgan fingerprint density at radius 1 is 0.929 bits per heavy atom. The second-order valence-electron chi connectivity index (χ2n) is 6.50. The number of rotatable bonds is 3. The van der Waals surface area contributed by atoms with Gasteiger partial charge in [0, 0.05) is 22.2 Å². The van der Waals surface area contributed by atoms with Crippen LogP contribution in [0.2, 0.25) is 5.02 Å². The van der Waals surface area contributed by atoms with E-state index in [0.717, 1.165) is 10.9 Å². The van der Waals surface area contributed by atoms with E-state index in [1.165, 1.54) is 0 Å². The zero-order chi connectivity index (χ0) is 19.7. The summed E-state index contributed by atoms with van der Waals surface area (Å²) in [5.74, 6) is -0.228. The zero-order valence-corrected chi connectivity index (χ0v) is 15.8. The molecular weight excluding hydrogens is 374 g/mol. The van der Waals surface area contributed by atoms with Crippen LogP contribution in [0.4, 0.5) is 5.69 Å². The second kappa shape index (κ2) is 7.33. The molecule has 1 N–H and O–H groups in total. The lowest BCUT2D eigenvalue weighted by Crippen LogP contribution is -2.12. The summed E-state index contributed by atoms with van der Waals surface area (Å²) in [7, 11) is 0. The number of aryl methyl sites for hydroxylation is 1. The van der Waals surface area contributed by atoms with Gasteiger partial charge in [0.25, 0.3) is 5.91 Å². The number of hydrogen-bond acceptors (Lipinski definition) is 3. The highest BCUT2D eigenvalue weighted by Gasteiger charge is 2.13. The van der Waals surface area contributed by atoms with Gasteiger partial charge in [0.05, 0.1) is 10.6 Å². The normalized spacial score (nSPS) is 10.8. The van der Waals surface area contributed by atoms with Gasteiger partial charge < -0.3 is 9.73 Å². The van der Waals surface area contributed by atoms with E-state index in [0.29, 0.717) is 33.0 Å². The molecule has 3 aromatic carbocycles. The van der Waals surface area contributed by atoms with Gasteiger partial charge in [-0.3, -0.25) is 4.79 Å². The molecule has 0 bridgehead atoms. The lowest BCUT2D eigenvalue weighted by atomic mass is 10.1. The molecule has 1 heterocycles. The molecule has 4 nitrogen and oxygen atoms in total. The Morgan fingerprint density at radius 3 is 2.43 bits per heavy atom. The lowest BCUT2D eigenvalue weighted by Gasteiger charge is -2.09. The molecule has 0 saturated heterocycles. The van der Waals surface area contributed by atoms with Gasteiger partial charge in [0.2, 0.25) is 0 Å². The Morgan fingerprint density at radius 2 is 1.68 bits per heavy atom. The van der Waals surface area contributed by atoms with Crippen LogP contribution in [0.3, 0.4) is 0 Å². The number of carbonyl (C=O) groups is 1. The molecule has 0 saturated carbocycles. The van der Waals surface area contributed by atoms with Crippen molar-refractivity contribution in [1.29, 1.82) is 0 Å². The predicted molar refractivity (Wildman–Crippen MR) is 112 cm³/mol.